The van der Waals surface area contributed by atoms with E-state index < -0.39 is 23.0 Å². The van der Waals surface area contributed by atoms with Crippen LogP contribution in [-0.4, -0.2) is 23.0 Å². The van der Waals surface area contributed by atoms with Gasteiger partial charge in [0.25, 0.3) is 0 Å². The Morgan fingerprint density at radius 2 is 1.35 bits per heavy atom. The first kappa shape index (κ1) is 15.5. The van der Waals surface area contributed by atoms with Gasteiger partial charge < -0.3 is 4.74 Å². The van der Waals surface area contributed by atoms with E-state index in [1.807, 2.05) is 80.6 Å². The van der Waals surface area contributed by atoms with Crippen molar-refractivity contribution in [2.45, 2.75) is 25.0 Å². The highest BCUT2D eigenvalue weighted by Gasteiger charge is 2.70. The lowest BCUT2D eigenvalue weighted by atomic mass is 9.73. The van der Waals surface area contributed by atoms with Crippen molar-refractivity contribution < 1.29 is 14.3 Å². The van der Waals surface area contributed by atoms with Crippen molar-refractivity contribution >= 4 is 17.5 Å². The molecule has 0 N–H and O–H groups in total. The minimum Gasteiger partial charge on any atom is -0.359 e. The van der Waals surface area contributed by atoms with Crippen LogP contribution in [0.2, 0.25) is 0 Å². The topological polar surface area (TPSA) is 46.6 Å². The third kappa shape index (κ3) is 1.82. The summed E-state index contributed by atoms with van der Waals surface area (Å²) in [5, 5.41) is 0. The van der Waals surface area contributed by atoms with Gasteiger partial charge in [0.1, 0.15) is 0 Å². The molecule has 130 valence electrons. The molecule has 0 saturated carbocycles. The fraction of sp³-hybridized carbons (Fsp3) is 0.273. The number of fused-ring (bicyclic) bond motifs is 5. The van der Waals surface area contributed by atoms with Gasteiger partial charge in [-0.15, -0.1) is 0 Å². The van der Waals surface area contributed by atoms with E-state index in [1.165, 1.54) is 4.90 Å². The summed E-state index contributed by atoms with van der Waals surface area (Å²) < 4.78 is 6.07. The summed E-state index contributed by atoms with van der Waals surface area (Å²) in [6.45, 7) is 3.80. The summed E-state index contributed by atoms with van der Waals surface area (Å²) >= 11 is 0. The summed E-state index contributed by atoms with van der Waals surface area (Å²) in [4.78, 5) is 28.0. The van der Waals surface area contributed by atoms with Crippen LogP contribution in [0.15, 0.2) is 66.7 Å². The molecule has 2 bridgehead atoms. The Labute approximate surface area is 152 Å². The lowest BCUT2D eigenvalue weighted by Gasteiger charge is -2.26. The molecule has 3 aliphatic rings. The second-order valence-electron chi connectivity index (χ2n) is 7.65. The van der Waals surface area contributed by atoms with Crippen LogP contribution in [0.4, 0.5) is 5.69 Å². The van der Waals surface area contributed by atoms with Gasteiger partial charge in [0, 0.05) is 5.56 Å². The molecular formula is C22H19NO3. The zero-order valence-corrected chi connectivity index (χ0v) is 14.7. The maximum absolute atomic E-state index is 13.3. The molecule has 0 spiro atoms. The first-order valence-corrected chi connectivity index (χ1v) is 8.87. The van der Waals surface area contributed by atoms with E-state index in [1.54, 1.807) is 0 Å². The second-order valence-corrected chi connectivity index (χ2v) is 7.65. The van der Waals surface area contributed by atoms with Crippen molar-refractivity contribution in [2.75, 3.05) is 4.90 Å². The molecule has 2 saturated heterocycles. The van der Waals surface area contributed by atoms with Gasteiger partial charge in [0.05, 0.1) is 28.7 Å². The molecule has 2 amide bonds. The number of para-hydroxylation sites is 1. The van der Waals surface area contributed by atoms with E-state index >= 15 is 0 Å². The lowest BCUT2D eigenvalue weighted by Crippen LogP contribution is -2.39. The molecule has 0 radical (unpaired) electrons. The molecule has 4 nitrogen and oxygen atoms in total. The minimum absolute atomic E-state index is 0.168. The summed E-state index contributed by atoms with van der Waals surface area (Å²) in [6.07, 6.45) is 3.87. The second kappa shape index (κ2) is 4.92. The molecule has 0 aromatic heterocycles. The number of anilines is 1. The maximum Gasteiger partial charge on any atom is 0.241 e. The Bertz CT molecular complexity index is 930. The normalized spacial score (nSPS) is 34.6. The number of rotatable bonds is 2. The lowest BCUT2D eigenvalue weighted by molar-refractivity contribution is -0.128. The van der Waals surface area contributed by atoms with Crippen LogP contribution in [0.5, 0.6) is 0 Å². The van der Waals surface area contributed by atoms with Crippen molar-refractivity contribution in [2.24, 2.45) is 11.8 Å². The first-order chi connectivity index (χ1) is 12.4. The van der Waals surface area contributed by atoms with Crippen LogP contribution in [-0.2, 0) is 14.3 Å². The summed E-state index contributed by atoms with van der Waals surface area (Å²) in [5.74, 6) is -1.26. The van der Waals surface area contributed by atoms with Gasteiger partial charge in [-0.2, -0.15) is 0 Å². The van der Waals surface area contributed by atoms with Gasteiger partial charge in [0.2, 0.25) is 11.8 Å². The van der Waals surface area contributed by atoms with Crippen LogP contribution < -0.4 is 4.90 Å². The van der Waals surface area contributed by atoms with Crippen LogP contribution in [0.1, 0.15) is 13.8 Å². The number of hydrogen-bond donors (Lipinski definition) is 0. The van der Waals surface area contributed by atoms with E-state index in [4.69, 9.17) is 4.74 Å². The Morgan fingerprint density at radius 1 is 0.808 bits per heavy atom. The molecular weight excluding hydrogens is 326 g/mol. The van der Waals surface area contributed by atoms with Crippen molar-refractivity contribution in [3.8, 4) is 11.1 Å². The van der Waals surface area contributed by atoms with E-state index in [0.717, 1.165) is 11.1 Å². The number of carbonyl (C=O) groups is 2. The van der Waals surface area contributed by atoms with Gasteiger partial charge in [-0.25, -0.2) is 4.90 Å². The third-order valence-electron chi connectivity index (χ3n) is 5.96. The van der Waals surface area contributed by atoms with Gasteiger partial charge in [-0.3, -0.25) is 9.59 Å². The largest absolute Gasteiger partial charge is 0.359 e. The van der Waals surface area contributed by atoms with Crippen LogP contribution in [0.3, 0.4) is 0 Å². The molecule has 2 aromatic carbocycles. The third-order valence-corrected chi connectivity index (χ3v) is 5.96. The maximum atomic E-state index is 13.3. The highest BCUT2D eigenvalue weighted by atomic mass is 16.5. The molecule has 2 fully saturated rings. The predicted molar refractivity (Wildman–Crippen MR) is 98.4 cm³/mol. The van der Waals surface area contributed by atoms with Gasteiger partial charge in [-0.1, -0.05) is 60.7 Å². The van der Waals surface area contributed by atoms with Gasteiger partial charge >= 0.3 is 0 Å². The highest BCUT2D eigenvalue weighted by molar-refractivity contribution is 6.24. The SMILES string of the molecule is C[C@]12C=C[C@@](C)(O1)[C@H]1C(=O)N(c3ccccc3-c3ccccc3)C(=O)[C@@H]12. The first-order valence-electron chi connectivity index (χ1n) is 8.87. The van der Waals surface area contributed by atoms with E-state index in [0.29, 0.717) is 5.69 Å². The van der Waals surface area contributed by atoms with Crippen molar-refractivity contribution in [3.63, 3.8) is 0 Å². The Hall–Kier alpha value is -2.72. The number of carbonyl (C=O) groups excluding carboxylic acids is 2. The molecule has 4 atom stereocenters. The monoisotopic (exact) mass is 345 g/mol. The molecule has 3 aliphatic heterocycles. The molecule has 26 heavy (non-hydrogen) atoms. The molecule has 4 heteroatoms. The number of amides is 2. The number of benzene rings is 2. The Kier molecular flexibility index (Phi) is 2.94. The highest BCUT2D eigenvalue weighted by Crippen LogP contribution is 2.57. The van der Waals surface area contributed by atoms with Crippen LogP contribution >= 0.6 is 0 Å². The fourth-order valence-corrected chi connectivity index (χ4v) is 4.80. The number of hydrogen-bond acceptors (Lipinski definition) is 3. The Morgan fingerprint density at radius 3 is 1.96 bits per heavy atom. The quantitative estimate of drug-likeness (QED) is 0.617. The number of ether oxygens (including phenoxy) is 1. The summed E-state index contributed by atoms with van der Waals surface area (Å²) in [7, 11) is 0. The standard InChI is InChI=1S/C22H19NO3/c1-21-12-13-22(2,26-21)18-17(21)19(24)23(20(18)25)16-11-7-6-10-15(16)14-8-4-3-5-9-14/h3-13,17-18H,1-2H3/t17-,18-,21-,22-/m1/s1. The van der Waals surface area contributed by atoms with Crippen molar-refractivity contribution in [1.29, 1.82) is 0 Å². The molecule has 5 rings (SSSR count). The molecule has 0 aliphatic carbocycles. The predicted octanol–water partition coefficient (Wildman–Crippen LogP) is 3.58. The zero-order valence-electron chi connectivity index (χ0n) is 14.7. The molecule has 0 unspecified atom stereocenters. The van der Waals surface area contributed by atoms with Gasteiger partial charge in [-0.05, 0) is 25.5 Å². The smallest absolute Gasteiger partial charge is 0.241 e. The summed E-state index contributed by atoms with van der Waals surface area (Å²) in [6, 6.07) is 17.4. The van der Waals surface area contributed by atoms with Gasteiger partial charge in [0.15, 0.2) is 0 Å². The average molecular weight is 345 g/mol. The molecule has 3 heterocycles. The average Bonchev–Trinajstić information content (AvgIpc) is 3.19. The summed E-state index contributed by atoms with van der Waals surface area (Å²) in [5.41, 5.74) is 1.10. The Balaban J connectivity index is 1.64. The number of nitrogens with zero attached hydrogens (tertiary/aromatic N) is 1. The fourth-order valence-electron chi connectivity index (χ4n) is 4.80. The minimum atomic E-state index is -0.706. The van der Waals surface area contributed by atoms with E-state index in [9.17, 15) is 9.59 Å². The van der Waals surface area contributed by atoms with Crippen molar-refractivity contribution in [1.82, 2.24) is 0 Å². The van der Waals surface area contributed by atoms with E-state index in [-0.39, 0.29) is 11.8 Å². The van der Waals surface area contributed by atoms with Crippen LogP contribution in [0, 0.1) is 11.8 Å². The van der Waals surface area contributed by atoms with Crippen molar-refractivity contribution in [3.05, 3.63) is 66.7 Å². The number of imide groups is 1. The van der Waals surface area contributed by atoms with Crippen LogP contribution in [0.25, 0.3) is 11.1 Å². The molecule has 2 aromatic rings. The zero-order chi connectivity index (χ0) is 18.1. The van der Waals surface area contributed by atoms with E-state index in [2.05, 4.69) is 0 Å².